The van der Waals surface area contributed by atoms with Crippen LogP contribution in [-0.2, 0) is 4.74 Å². The molecule has 0 saturated carbocycles. The van der Waals surface area contributed by atoms with E-state index in [9.17, 15) is 0 Å². The molecule has 1 N–H and O–H groups in total. The molecule has 1 aliphatic rings. The van der Waals surface area contributed by atoms with Gasteiger partial charge in [-0.1, -0.05) is 0 Å². The van der Waals surface area contributed by atoms with Crippen LogP contribution in [-0.4, -0.2) is 32.8 Å². The number of nitrogens with one attached hydrogen (secondary N) is 1. The lowest BCUT2D eigenvalue weighted by atomic mass is 10.4. The van der Waals surface area contributed by atoms with Crippen LogP contribution in [0.25, 0.3) is 0 Å². The van der Waals surface area contributed by atoms with Gasteiger partial charge in [-0.05, 0) is 6.92 Å². The Kier molecular flexibility index (Phi) is 2.30. The first kappa shape index (κ1) is 6.05. The third kappa shape index (κ3) is 1.46. The Hall–Kier alpha value is -0.0800. The van der Waals surface area contributed by atoms with Crippen molar-refractivity contribution < 1.29 is 11.1 Å². The Labute approximate surface area is 51.9 Å². The molecule has 8 heavy (non-hydrogen) atoms. The minimum atomic E-state index is 0. The quantitative estimate of drug-likeness (QED) is 0.474. The van der Waals surface area contributed by atoms with E-state index in [0.29, 0.717) is 0 Å². The fourth-order valence-electron chi connectivity index (χ4n) is 1.01. The van der Waals surface area contributed by atoms with Crippen molar-refractivity contribution in [3.8, 4) is 0 Å². The molecule has 1 rings (SSSR count). The molecule has 0 radical (unpaired) electrons. The highest BCUT2D eigenvalue weighted by molar-refractivity contribution is 4.36. The van der Waals surface area contributed by atoms with Crippen LogP contribution in [0.15, 0.2) is 0 Å². The van der Waals surface area contributed by atoms with Gasteiger partial charge in [0.25, 0.3) is 0 Å². The molecule has 1 heterocycles. The molecule has 0 aromatic rings. The Morgan fingerprint density at radius 2 is 2.12 bits per heavy atom. The second-order valence-electron chi connectivity index (χ2n) is 2.22. The highest BCUT2D eigenvalue weighted by atomic mass is 16.5. The molecular weight excluding hydrogens is 102 g/mol. The van der Waals surface area contributed by atoms with Crippen molar-refractivity contribution in [3.63, 3.8) is 0 Å². The predicted molar refractivity (Wildman–Crippen MR) is 34.2 cm³/mol. The first-order chi connectivity index (χ1) is 3.93. The van der Waals surface area contributed by atoms with Crippen LogP contribution in [0.5, 0.6) is 0 Å². The van der Waals surface area contributed by atoms with E-state index >= 15 is 0 Å². The molecule has 1 fully saturated rings. The Morgan fingerprint density at radius 3 is 2.50 bits per heavy atom. The zero-order chi connectivity index (χ0) is 5.82. The van der Waals surface area contributed by atoms with Crippen LogP contribution in [0.3, 0.4) is 0 Å². The predicted octanol–water partition coefficient (Wildman–Crippen LogP) is -0.833. The molecule has 0 amide bonds. The number of hydrogen-bond acceptors (Lipinski definition) is 1. The first-order valence-electron chi connectivity index (χ1n) is 3.35. The largest absolute Gasteiger partial charge is 0.370 e. The molecule has 0 aromatic heterocycles. The molecule has 0 atom stereocenters. The summed E-state index contributed by atoms with van der Waals surface area (Å²) in [5.74, 6) is 0. The molecule has 2 heteroatoms. The van der Waals surface area contributed by atoms with Crippen molar-refractivity contribution in [1.82, 2.24) is 0 Å². The van der Waals surface area contributed by atoms with Crippen LogP contribution >= 0.6 is 0 Å². The van der Waals surface area contributed by atoms with Gasteiger partial charge in [0.2, 0.25) is 0 Å². The van der Waals surface area contributed by atoms with Gasteiger partial charge in [-0.15, -0.1) is 0 Å². The summed E-state index contributed by atoms with van der Waals surface area (Å²) in [6.07, 6.45) is 0. The van der Waals surface area contributed by atoms with E-state index in [-0.39, 0.29) is 1.43 Å². The maximum Gasteiger partial charge on any atom is 0.101 e. The summed E-state index contributed by atoms with van der Waals surface area (Å²) in [5.41, 5.74) is 0. The van der Waals surface area contributed by atoms with Gasteiger partial charge in [-0.2, -0.15) is 0 Å². The molecule has 0 aliphatic carbocycles. The number of quaternary nitrogens is 1. The third-order valence-corrected chi connectivity index (χ3v) is 1.70. The van der Waals surface area contributed by atoms with Gasteiger partial charge in [0.1, 0.15) is 13.1 Å². The van der Waals surface area contributed by atoms with E-state index in [1.807, 2.05) is 0 Å². The standard InChI is InChI=1S/C6H13NO.H2/c1-2-7-3-5-8-6-4-7;/h2-6H2,1H3;1H/p+1. The van der Waals surface area contributed by atoms with E-state index < -0.39 is 0 Å². The summed E-state index contributed by atoms with van der Waals surface area (Å²) in [6, 6.07) is 0. The molecule has 0 aromatic carbocycles. The minimum absolute atomic E-state index is 0. The first-order valence-corrected chi connectivity index (χ1v) is 3.35. The van der Waals surface area contributed by atoms with Crippen LogP contribution in [0, 0.1) is 0 Å². The van der Waals surface area contributed by atoms with Gasteiger partial charge in [-0.25, -0.2) is 0 Å². The van der Waals surface area contributed by atoms with E-state index in [1.54, 1.807) is 4.90 Å². The van der Waals surface area contributed by atoms with Crippen LogP contribution < -0.4 is 4.90 Å². The van der Waals surface area contributed by atoms with E-state index in [1.165, 1.54) is 19.6 Å². The maximum absolute atomic E-state index is 5.18. The van der Waals surface area contributed by atoms with Crippen molar-refractivity contribution in [1.29, 1.82) is 0 Å². The van der Waals surface area contributed by atoms with Crippen molar-refractivity contribution >= 4 is 0 Å². The van der Waals surface area contributed by atoms with Crippen molar-refractivity contribution in [2.45, 2.75) is 6.92 Å². The van der Waals surface area contributed by atoms with Crippen molar-refractivity contribution in [2.24, 2.45) is 0 Å². The number of hydrogen-bond donors (Lipinski definition) is 1. The fourth-order valence-corrected chi connectivity index (χ4v) is 1.01. The minimum Gasteiger partial charge on any atom is -0.370 e. The zero-order valence-electron chi connectivity index (χ0n) is 5.44. The average Bonchev–Trinajstić information content (AvgIpc) is 1.90. The second kappa shape index (κ2) is 3.05. The van der Waals surface area contributed by atoms with Crippen LogP contribution in [0.1, 0.15) is 8.35 Å². The van der Waals surface area contributed by atoms with Crippen LogP contribution in [0.2, 0.25) is 0 Å². The number of ether oxygens (including phenoxy) is 1. The summed E-state index contributed by atoms with van der Waals surface area (Å²) in [6.45, 7) is 7.81. The van der Waals surface area contributed by atoms with Gasteiger partial charge in [0.05, 0.1) is 19.8 Å². The van der Waals surface area contributed by atoms with Gasteiger partial charge < -0.3 is 9.64 Å². The van der Waals surface area contributed by atoms with E-state index in [2.05, 4.69) is 6.92 Å². The lowest BCUT2D eigenvalue weighted by Crippen LogP contribution is -3.13. The summed E-state index contributed by atoms with van der Waals surface area (Å²) in [7, 11) is 0. The van der Waals surface area contributed by atoms with Gasteiger partial charge in [-0.3, -0.25) is 0 Å². The van der Waals surface area contributed by atoms with Crippen molar-refractivity contribution in [2.75, 3.05) is 32.8 Å². The van der Waals surface area contributed by atoms with Gasteiger partial charge in [0.15, 0.2) is 0 Å². The molecule has 0 unspecified atom stereocenters. The molecule has 0 spiro atoms. The summed E-state index contributed by atoms with van der Waals surface area (Å²) in [5, 5.41) is 0. The monoisotopic (exact) mass is 118 g/mol. The Morgan fingerprint density at radius 1 is 1.50 bits per heavy atom. The lowest BCUT2D eigenvalue weighted by Gasteiger charge is -2.21. The summed E-state index contributed by atoms with van der Waals surface area (Å²) < 4.78 is 5.18. The molecular formula is C6H16NO+. The SMILES string of the molecule is CC[NH+]1CCOCC1.[HH]. The summed E-state index contributed by atoms with van der Waals surface area (Å²) >= 11 is 0. The molecule has 1 aliphatic heterocycles. The molecule has 50 valence electrons. The Balaban J connectivity index is 0.000000640. The number of morpholine rings is 1. The molecule has 0 bridgehead atoms. The fraction of sp³-hybridized carbons (Fsp3) is 1.00. The smallest absolute Gasteiger partial charge is 0.101 e. The lowest BCUT2D eigenvalue weighted by molar-refractivity contribution is -0.906. The number of rotatable bonds is 1. The van der Waals surface area contributed by atoms with E-state index in [4.69, 9.17) is 4.74 Å². The number of likely N-dealkylation sites (N-methyl/N-ethyl adjacent to an activating group) is 1. The average molecular weight is 118 g/mol. The van der Waals surface area contributed by atoms with Crippen molar-refractivity contribution in [3.05, 3.63) is 0 Å². The highest BCUT2D eigenvalue weighted by Gasteiger charge is 2.09. The Bertz CT molecular complexity index is 64.1. The van der Waals surface area contributed by atoms with Gasteiger partial charge >= 0.3 is 0 Å². The topological polar surface area (TPSA) is 13.7 Å². The molecule has 1 saturated heterocycles. The zero-order valence-corrected chi connectivity index (χ0v) is 5.44. The van der Waals surface area contributed by atoms with Gasteiger partial charge in [0, 0.05) is 1.43 Å². The highest BCUT2D eigenvalue weighted by Crippen LogP contribution is 1.73. The van der Waals surface area contributed by atoms with Crippen LogP contribution in [0.4, 0.5) is 0 Å². The second-order valence-corrected chi connectivity index (χ2v) is 2.22. The van der Waals surface area contributed by atoms with E-state index in [0.717, 1.165) is 13.2 Å². The normalized spacial score (nSPS) is 23.6. The summed E-state index contributed by atoms with van der Waals surface area (Å²) in [4.78, 5) is 1.68. The molecule has 2 nitrogen and oxygen atoms in total. The maximum atomic E-state index is 5.18. The third-order valence-electron chi connectivity index (χ3n) is 1.70.